The van der Waals surface area contributed by atoms with Gasteiger partial charge in [-0.05, 0) is 47.6 Å². The predicted octanol–water partition coefficient (Wildman–Crippen LogP) is 6.76. The van der Waals surface area contributed by atoms with Crippen molar-refractivity contribution < 1.29 is 9.21 Å². The summed E-state index contributed by atoms with van der Waals surface area (Å²) >= 11 is 0. The average Bonchev–Trinajstić information content (AvgIpc) is 2.73. The van der Waals surface area contributed by atoms with Crippen LogP contribution < -0.4 is 5.63 Å². The first-order valence-electron chi connectivity index (χ1n) is 10.1. The molecule has 3 aromatic carbocycles. The zero-order valence-corrected chi connectivity index (χ0v) is 17.7. The first-order valence-corrected chi connectivity index (χ1v) is 10.1. The van der Waals surface area contributed by atoms with Gasteiger partial charge >= 0.3 is 5.63 Å². The summed E-state index contributed by atoms with van der Waals surface area (Å²) in [6, 6.07) is 21.5. The number of Topliss-reactive ketones (excluding diaryl/α,β-unsaturated/α-hetero) is 1. The highest BCUT2D eigenvalue weighted by atomic mass is 16.4. The van der Waals surface area contributed by atoms with E-state index in [2.05, 4.69) is 19.9 Å². The number of hydrogen-bond acceptors (Lipinski definition) is 3. The van der Waals surface area contributed by atoms with Crippen LogP contribution in [0.4, 0.5) is 0 Å². The van der Waals surface area contributed by atoms with Crippen LogP contribution in [0, 0.1) is 6.92 Å². The van der Waals surface area contributed by atoms with Crippen LogP contribution in [0.5, 0.6) is 0 Å². The molecule has 0 spiro atoms. The topological polar surface area (TPSA) is 47.3 Å². The molecule has 30 heavy (non-hydrogen) atoms. The lowest BCUT2D eigenvalue weighted by molar-refractivity contribution is 0.101. The molecule has 0 aliphatic carbocycles. The number of rotatable bonds is 4. The third kappa shape index (κ3) is 3.59. The fraction of sp³-hybridized carbons (Fsp3) is 0.185. The van der Waals surface area contributed by atoms with Crippen molar-refractivity contribution >= 4 is 16.8 Å². The molecule has 4 rings (SSSR count). The van der Waals surface area contributed by atoms with Crippen molar-refractivity contribution in [3.8, 4) is 22.3 Å². The number of carbonyl (C=O) groups excluding carboxylic acids is 1. The fourth-order valence-corrected chi connectivity index (χ4v) is 3.88. The minimum atomic E-state index is -0.339. The Morgan fingerprint density at radius 1 is 0.833 bits per heavy atom. The summed E-state index contributed by atoms with van der Waals surface area (Å²) in [4.78, 5) is 23.8. The minimum absolute atomic E-state index is 0.0582. The van der Waals surface area contributed by atoms with Gasteiger partial charge in [0.2, 0.25) is 0 Å². The second-order valence-electron chi connectivity index (χ2n) is 8.02. The lowest BCUT2D eigenvalue weighted by Gasteiger charge is -2.14. The number of aryl methyl sites for hydroxylation is 1. The van der Waals surface area contributed by atoms with Gasteiger partial charge in [-0.2, -0.15) is 0 Å². The molecule has 0 saturated heterocycles. The lowest BCUT2D eigenvalue weighted by Crippen LogP contribution is -2.02. The normalized spacial score (nSPS) is 11.2. The molecule has 0 atom stereocenters. The minimum Gasteiger partial charge on any atom is -0.422 e. The smallest absolute Gasteiger partial charge is 0.336 e. The van der Waals surface area contributed by atoms with E-state index in [9.17, 15) is 9.59 Å². The van der Waals surface area contributed by atoms with Crippen molar-refractivity contribution in [1.29, 1.82) is 0 Å². The van der Waals surface area contributed by atoms with Crippen molar-refractivity contribution in [1.82, 2.24) is 0 Å². The van der Waals surface area contributed by atoms with Gasteiger partial charge in [0.05, 0.1) is 0 Å². The van der Waals surface area contributed by atoms with Gasteiger partial charge in [0.15, 0.2) is 5.78 Å². The Labute approximate surface area is 176 Å². The number of hydrogen-bond donors (Lipinski definition) is 0. The molecule has 0 unspecified atom stereocenters. The Balaban J connectivity index is 1.82. The van der Waals surface area contributed by atoms with Gasteiger partial charge in [-0.3, -0.25) is 4.79 Å². The summed E-state index contributed by atoms with van der Waals surface area (Å²) in [5, 5.41) is 0.986. The van der Waals surface area contributed by atoms with E-state index in [-0.39, 0.29) is 17.3 Å². The van der Waals surface area contributed by atoms with Crippen LogP contribution in [0.1, 0.15) is 48.2 Å². The van der Waals surface area contributed by atoms with Crippen molar-refractivity contribution in [2.24, 2.45) is 0 Å². The molecule has 0 aliphatic rings. The van der Waals surface area contributed by atoms with Crippen LogP contribution >= 0.6 is 0 Å². The molecule has 0 saturated carbocycles. The standard InChI is InChI=1S/C27H24O3/c1-16(2)23-14-5-17(3)26-24(15-25(29)30-27(23)26)22-12-10-21(11-13-22)20-8-6-19(7-9-20)18(4)28/h5-16H,1-4H3. The van der Waals surface area contributed by atoms with E-state index in [1.807, 2.05) is 61.5 Å². The average molecular weight is 396 g/mol. The third-order valence-corrected chi connectivity index (χ3v) is 5.57. The zero-order valence-electron chi connectivity index (χ0n) is 17.7. The molecule has 3 heteroatoms. The van der Waals surface area contributed by atoms with E-state index >= 15 is 0 Å². The summed E-state index contributed by atoms with van der Waals surface area (Å²) in [6.07, 6.45) is 0. The Bertz CT molecular complexity index is 1290. The summed E-state index contributed by atoms with van der Waals surface area (Å²) < 4.78 is 5.64. The molecule has 0 radical (unpaired) electrons. The van der Waals surface area contributed by atoms with E-state index in [0.717, 1.165) is 38.8 Å². The Kier molecular flexibility index (Phi) is 5.13. The predicted molar refractivity (Wildman–Crippen MR) is 122 cm³/mol. The maximum atomic E-state index is 12.3. The van der Waals surface area contributed by atoms with Crippen LogP contribution in [-0.4, -0.2) is 5.78 Å². The molecular formula is C27H24O3. The Morgan fingerprint density at radius 3 is 1.97 bits per heavy atom. The number of fused-ring (bicyclic) bond motifs is 1. The van der Waals surface area contributed by atoms with E-state index in [1.165, 1.54) is 0 Å². The van der Waals surface area contributed by atoms with Gasteiger partial charge in [-0.25, -0.2) is 4.79 Å². The molecule has 0 aliphatic heterocycles. The van der Waals surface area contributed by atoms with Gasteiger partial charge in [0.25, 0.3) is 0 Å². The zero-order chi connectivity index (χ0) is 21.4. The SMILES string of the molecule is CC(=O)c1ccc(-c2ccc(-c3cc(=O)oc4c(C(C)C)ccc(C)c34)cc2)cc1. The van der Waals surface area contributed by atoms with Gasteiger partial charge in [0, 0.05) is 22.6 Å². The highest BCUT2D eigenvalue weighted by molar-refractivity contribution is 5.97. The maximum Gasteiger partial charge on any atom is 0.336 e. The van der Waals surface area contributed by atoms with Crippen molar-refractivity contribution in [2.75, 3.05) is 0 Å². The molecule has 0 fully saturated rings. The highest BCUT2D eigenvalue weighted by Crippen LogP contribution is 2.35. The quantitative estimate of drug-likeness (QED) is 0.283. The van der Waals surface area contributed by atoms with Crippen LogP contribution in [0.3, 0.4) is 0 Å². The monoisotopic (exact) mass is 396 g/mol. The summed E-state index contributed by atoms with van der Waals surface area (Å²) in [6.45, 7) is 7.81. The first-order chi connectivity index (χ1) is 14.3. The third-order valence-electron chi connectivity index (χ3n) is 5.57. The number of benzene rings is 3. The molecule has 3 nitrogen and oxygen atoms in total. The van der Waals surface area contributed by atoms with Crippen LogP contribution in [0.25, 0.3) is 33.2 Å². The molecule has 0 bridgehead atoms. The Hall–Kier alpha value is -3.46. The highest BCUT2D eigenvalue weighted by Gasteiger charge is 2.15. The summed E-state index contributed by atoms with van der Waals surface area (Å²) in [5.74, 6) is 0.315. The van der Waals surface area contributed by atoms with Gasteiger partial charge < -0.3 is 4.42 Å². The van der Waals surface area contributed by atoms with E-state index < -0.39 is 0 Å². The fourth-order valence-electron chi connectivity index (χ4n) is 3.88. The largest absolute Gasteiger partial charge is 0.422 e. The van der Waals surface area contributed by atoms with Crippen molar-refractivity contribution in [2.45, 2.75) is 33.6 Å². The number of ketones is 1. The summed E-state index contributed by atoms with van der Waals surface area (Å²) in [5.41, 5.74) is 7.12. The van der Waals surface area contributed by atoms with Gasteiger partial charge in [-0.15, -0.1) is 0 Å². The molecule has 1 aromatic heterocycles. The lowest BCUT2D eigenvalue weighted by atomic mass is 9.92. The molecule has 0 amide bonds. The number of carbonyl (C=O) groups is 1. The van der Waals surface area contributed by atoms with E-state index in [0.29, 0.717) is 11.1 Å². The Morgan fingerprint density at radius 2 is 1.40 bits per heavy atom. The molecule has 4 aromatic rings. The van der Waals surface area contributed by atoms with E-state index in [1.54, 1.807) is 13.0 Å². The molecule has 0 N–H and O–H groups in total. The van der Waals surface area contributed by atoms with Crippen LogP contribution in [0.2, 0.25) is 0 Å². The van der Waals surface area contributed by atoms with Crippen molar-refractivity contribution in [3.63, 3.8) is 0 Å². The maximum absolute atomic E-state index is 12.3. The second kappa shape index (κ2) is 7.75. The molecule has 1 heterocycles. The summed E-state index contributed by atoms with van der Waals surface area (Å²) in [7, 11) is 0. The first kappa shape index (κ1) is 19.8. The van der Waals surface area contributed by atoms with Gasteiger partial charge in [-0.1, -0.05) is 74.5 Å². The van der Waals surface area contributed by atoms with Crippen LogP contribution in [0.15, 0.2) is 75.9 Å². The molecule has 150 valence electrons. The molecular weight excluding hydrogens is 372 g/mol. The van der Waals surface area contributed by atoms with Crippen LogP contribution in [-0.2, 0) is 0 Å². The van der Waals surface area contributed by atoms with Crippen molar-refractivity contribution in [3.05, 3.63) is 93.8 Å². The second-order valence-corrected chi connectivity index (χ2v) is 8.02. The van der Waals surface area contributed by atoms with Gasteiger partial charge in [0.1, 0.15) is 5.58 Å². The van der Waals surface area contributed by atoms with E-state index in [4.69, 9.17) is 4.42 Å².